The highest BCUT2D eigenvalue weighted by atomic mass is 16.5. The molecule has 1 saturated heterocycles. The summed E-state index contributed by atoms with van der Waals surface area (Å²) in [6.07, 6.45) is 6.45. The van der Waals surface area contributed by atoms with Crippen LogP contribution in [0.1, 0.15) is 49.3 Å². The van der Waals surface area contributed by atoms with Gasteiger partial charge < -0.3 is 14.7 Å². The van der Waals surface area contributed by atoms with Crippen molar-refractivity contribution in [1.29, 1.82) is 0 Å². The van der Waals surface area contributed by atoms with Crippen LogP contribution in [0.4, 0.5) is 5.69 Å². The lowest BCUT2D eigenvalue weighted by atomic mass is 9.70. The van der Waals surface area contributed by atoms with Crippen molar-refractivity contribution < 1.29 is 9.84 Å². The largest absolute Gasteiger partial charge is 0.388 e. The summed E-state index contributed by atoms with van der Waals surface area (Å²) in [4.78, 5) is 2.29. The Morgan fingerprint density at radius 3 is 3.00 bits per heavy atom. The predicted molar refractivity (Wildman–Crippen MR) is 83.6 cm³/mol. The Hall–Kier alpha value is -1.06. The molecule has 0 radical (unpaired) electrons. The lowest BCUT2D eigenvalue weighted by Crippen LogP contribution is -2.46. The SMILES string of the molecule is CN1CCc2cc(C(O)C3CCOC4(CCC4)C3)ccc21. The van der Waals surface area contributed by atoms with Crippen LogP contribution in [0.15, 0.2) is 18.2 Å². The van der Waals surface area contributed by atoms with E-state index in [0.29, 0.717) is 5.92 Å². The van der Waals surface area contributed by atoms with Crippen LogP contribution >= 0.6 is 0 Å². The van der Waals surface area contributed by atoms with Gasteiger partial charge in [0, 0.05) is 25.9 Å². The zero-order valence-corrected chi connectivity index (χ0v) is 12.8. The molecule has 2 unspecified atom stereocenters. The van der Waals surface area contributed by atoms with E-state index >= 15 is 0 Å². The number of aliphatic hydroxyl groups is 1. The van der Waals surface area contributed by atoms with Crippen molar-refractivity contribution in [2.75, 3.05) is 25.1 Å². The molecule has 1 aromatic rings. The molecule has 114 valence electrons. The Morgan fingerprint density at radius 1 is 1.38 bits per heavy atom. The lowest BCUT2D eigenvalue weighted by Gasteiger charge is -2.48. The third-order valence-corrected chi connectivity index (χ3v) is 5.82. The van der Waals surface area contributed by atoms with E-state index in [1.54, 1.807) is 0 Å². The molecular weight excluding hydrogens is 262 g/mol. The van der Waals surface area contributed by atoms with E-state index in [-0.39, 0.29) is 11.7 Å². The summed E-state index contributed by atoms with van der Waals surface area (Å²) >= 11 is 0. The van der Waals surface area contributed by atoms with Crippen LogP contribution < -0.4 is 4.90 Å². The standard InChI is InChI=1S/C18H25NO2/c1-19-9-5-13-11-14(3-4-16(13)19)17(20)15-6-10-21-18(12-15)7-2-8-18/h3-4,11,15,17,20H,2,5-10,12H2,1H3. The second kappa shape index (κ2) is 4.99. The summed E-state index contributed by atoms with van der Waals surface area (Å²) in [6, 6.07) is 6.53. The maximum atomic E-state index is 10.8. The van der Waals surface area contributed by atoms with Crippen LogP contribution in [0.3, 0.4) is 0 Å². The Balaban J connectivity index is 1.53. The van der Waals surface area contributed by atoms with Gasteiger partial charge in [0.25, 0.3) is 0 Å². The topological polar surface area (TPSA) is 32.7 Å². The minimum atomic E-state index is -0.331. The molecule has 2 aliphatic heterocycles. The van der Waals surface area contributed by atoms with Gasteiger partial charge in [0.2, 0.25) is 0 Å². The third kappa shape index (κ3) is 2.27. The van der Waals surface area contributed by atoms with Gasteiger partial charge in [-0.25, -0.2) is 0 Å². The zero-order valence-electron chi connectivity index (χ0n) is 12.8. The number of fused-ring (bicyclic) bond motifs is 1. The van der Waals surface area contributed by atoms with E-state index in [4.69, 9.17) is 4.74 Å². The first-order valence-corrected chi connectivity index (χ1v) is 8.33. The van der Waals surface area contributed by atoms with Gasteiger partial charge in [-0.1, -0.05) is 12.1 Å². The highest BCUT2D eigenvalue weighted by Gasteiger charge is 2.44. The van der Waals surface area contributed by atoms with Gasteiger partial charge in [0.15, 0.2) is 0 Å². The molecule has 2 atom stereocenters. The number of hydrogen-bond donors (Lipinski definition) is 1. The number of ether oxygens (including phenoxy) is 1. The molecule has 3 heteroatoms. The van der Waals surface area contributed by atoms with Crippen LogP contribution in [-0.4, -0.2) is 30.9 Å². The van der Waals surface area contributed by atoms with Crippen LogP contribution in [-0.2, 0) is 11.2 Å². The van der Waals surface area contributed by atoms with Gasteiger partial charge in [-0.2, -0.15) is 0 Å². The van der Waals surface area contributed by atoms with Crippen molar-refractivity contribution in [3.05, 3.63) is 29.3 Å². The van der Waals surface area contributed by atoms with Gasteiger partial charge in [-0.3, -0.25) is 0 Å². The number of benzene rings is 1. The quantitative estimate of drug-likeness (QED) is 0.907. The summed E-state index contributed by atoms with van der Waals surface area (Å²) in [5.41, 5.74) is 3.93. The molecule has 0 amide bonds. The number of likely N-dealkylation sites (N-methyl/N-ethyl adjacent to an activating group) is 1. The molecule has 0 bridgehead atoms. The van der Waals surface area contributed by atoms with E-state index in [0.717, 1.165) is 38.0 Å². The molecule has 1 aromatic carbocycles. The Morgan fingerprint density at radius 2 is 2.24 bits per heavy atom. The normalized spacial score (nSPS) is 28.3. The summed E-state index contributed by atoms with van der Waals surface area (Å²) < 4.78 is 5.99. The lowest BCUT2D eigenvalue weighted by molar-refractivity contribution is -0.157. The van der Waals surface area contributed by atoms with E-state index in [2.05, 4.69) is 30.1 Å². The molecule has 0 aromatic heterocycles. The van der Waals surface area contributed by atoms with E-state index in [1.807, 2.05) is 0 Å². The third-order valence-electron chi connectivity index (χ3n) is 5.82. The highest BCUT2D eigenvalue weighted by Crippen LogP contribution is 2.47. The highest BCUT2D eigenvalue weighted by molar-refractivity contribution is 5.58. The van der Waals surface area contributed by atoms with E-state index in [1.165, 1.54) is 30.5 Å². The van der Waals surface area contributed by atoms with Crippen molar-refractivity contribution in [1.82, 2.24) is 0 Å². The minimum Gasteiger partial charge on any atom is -0.388 e. The number of rotatable bonds is 2. The van der Waals surface area contributed by atoms with Crippen LogP contribution in [0.5, 0.6) is 0 Å². The molecule has 1 saturated carbocycles. The first-order valence-electron chi connectivity index (χ1n) is 8.33. The molecule has 3 nitrogen and oxygen atoms in total. The van der Waals surface area contributed by atoms with Crippen LogP contribution in [0.2, 0.25) is 0 Å². The monoisotopic (exact) mass is 287 g/mol. The average molecular weight is 287 g/mol. The van der Waals surface area contributed by atoms with Crippen molar-refractivity contribution >= 4 is 5.69 Å². The van der Waals surface area contributed by atoms with Gasteiger partial charge in [0.05, 0.1) is 11.7 Å². The van der Waals surface area contributed by atoms with Crippen molar-refractivity contribution in [2.45, 2.75) is 50.2 Å². The number of nitrogens with zero attached hydrogens (tertiary/aromatic N) is 1. The molecule has 3 aliphatic rings. The number of anilines is 1. The fourth-order valence-electron chi connectivity index (χ4n) is 4.30. The maximum absolute atomic E-state index is 10.8. The summed E-state index contributed by atoms with van der Waals surface area (Å²) in [7, 11) is 2.14. The fraction of sp³-hybridized carbons (Fsp3) is 0.667. The van der Waals surface area contributed by atoms with Gasteiger partial charge in [0.1, 0.15) is 0 Å². The molecule has 4 rings (SSSR count). The van der Waals surface area contributed by atoms with Crippen molar-refractivity contribution in [2.24, 2.45) is 5.92 Å². The minimum absolute atomic E-state index is 0.112. The van der Waals surface area contributed by atoms with Gasteiger partial charge >= 0.3 is 0 Å². The molecule has 1 N–H and O–H groups in total. The van der Waals surface area contributed by atoms with Crippen molar-refractivity contribution in [3.8, 4) is 0 Å². The Kier molecular flexibility index (Phi) is 3.23. The summed E-state index contributed by atoms with van der Waals surface area (Å²) in [6.45, 7) is 1.91. The maximum Gasteiger partial charge on any atom is 0.0820 e. The van der Waals surface area contributed by atoms with E-state index in [9.17, 15) is 5.11 Å². The molecular formula is C18H25NO2. The predicted octanol–water partition coefficient (Wildman–Crippen LogP) is 3.06. The van der Waals surface area contributed by atoms with E-state index < -0.39 is 0 Å². The first kappa shape index (κ1) is 13.6. The first-order chi connectivity index (χ1) is 10.2. The molecule has 21 heavy (non-hydrogen) atoms. The summed E-state index contributed by atoms with van der Waals surface area (Å²) in [5, 5.41) is 10.8. The van der Waals surface area contributed by atoms with Crippen LogP contribution in [0, 0.1) is 5.92 Å². The van der Waals surface area contributed by atoms with Gasteiger partial charge in [-0.05, 0) is 61.6 Å². The molecule has 2 fully saturated rings. The van der Waals surface area contributed by atoms with Crippen molar-refractivity contribution in [3.63, 3.8) is 0 Å². The Labute approximate surface area is 126 Å². The smallest absolute Gasteiger partial charge is 0.0820 e. The second-order valence-corrected chi connectivity index (χ2v) is 7.14. The number of aliphatic hydroxyl groups excluding tert-OH is 1. The second-order valence-electron chi connectivity index (χ2n) is 7.14. The number of hydrogen-bond acceptors (Lipinski definition) is 3. The molecule has 1 spiro atoms. The van der Waals surface area contributed by atoms with Gasteiger partial charge in [-0.15, -0.1) is 0 Å². The Bertz CT molecular complexity index is 538. The summed E-state index contributed by atoms with van der Waals surface area (Å²) in [5.74, 6) is 0.358. The average Bonchev–Trinajstić information content (AvgIpc) is 2.86. The zero-order chi connectivity index (χ0) is 14.4. The molecule has 1 aliphatic carbocycles. The fourth-order valence-corrected chi connectivity index (χ4v) is 4.30. The van der Waals surface area contributed by atoms with Crippen LogP contribution in [0.25, 0.3) is 0 Å². The molecule has 2 heterocycles.